The first-order chi connectivity index (χ1) is 10.2. The van der Waals surface area contributed by atoms with Gasteiger partial charge in [0.2, 0.25) is 5.95 Å². The topological polar surface area (TPSA) is 95.1 Å². The van der Waals surface area contributed by atoms with E-state index >= 15 is 0 Å². The van der Waals surface area contributed by atoms with Gasteiger partial charge in [-0.05, 0) is 37.9 Å². The number of nitrogens with one attached hydrogen (secondary N) is 3. The van der Waals surface area contributed by atoms with Crippen LogP contribution < -0.4 is 10.7 Å². The molecule has 2 aromatic rings. The summed E-state index contributed by atoms with van der Waals surface area (Å²) in [6, 6.07) is 1.73. The molecule has 0 saturated carbocycles. The molecule has 1 amide bonds. The van der Waals surface area contributed by atoms with E-state index in [9.17, 15) is 4.79 Å². The molecule has 3 rings (SSSR count). The summed E-state index contributed by atoms with van der Waals surface area (Å²) in [5.41, 5.74) is 4.76. The molecule has 9 heteroatoms. The standard InChI is InChI=1S/C12H10Br2N6O/c13-8-7-6(19-20-12-16-3-1-4-17-12)2-5-15-11(21)9(7)18-10(8)14/h1,3-4,18H,2,5H2,(H,15,21)(H,16,17,20)/b19-6+. The van der Waals surface area contributed by atoms with Crippen LogP contribution in [0.2, 0.25) is 0 Å². The van der Waals surface area contributed by atoms with Crippen LogP contribution in [0.5, 0.6) is 0 Å². The molecule has 7 nitrogen and oxygen atoms in total. The van der Waals surface area contributed by atoms with E-state index in [0.29, 0.717) is 29.2 Å². The van der Waals surface area contributed by atoms with Crippen LogP contribution in [-0.4, -0.2) is 33.1 Å². The third-order valence-electron chi connectivity index (χ3n) is 2.92. The van der Waals surface area contributed by atoms with Crippen molar-refractivity contribution in [3.05, 3.63) is 38.8 Å². The molecule has 0 spiro atoms. The Bertz CT molecular complexity index is 712. The normalized spacial score (nSPS) is 16.3. The van der Waals surface area contributed by atoms with Gasteiger partial charge in [-0.15, -0.1) is 0 Å². The molecule has 108 valence electrons. The van der Waals surface area contributed by atoms with E-state index in [4.69, 9.17) is 0 Å². The number of aromatic amines is 1. The Balaban J connectivity index is 1.99. The zero-order valence-electron chi connectivity index (χ0n) is 10.7. The smallest absolute Gasteiger partial charge is 0.268 e. The number of carbonyl (C=O) groups is 1. The van der Waals surface area contributed by atoms with Crippen molar-refractivity contribution >= 4 is 49.4 Å². The lowest BCUT2D eigenvalue weighted by molar-refractivity contribution is 0.0951. The minimum atomic E-state index is -0.155. The molecule has 0 aliphatic carbocycles. The van der Waals surface area contributed by atoms with Gasteiger partial charge >= 0.3 is 0 Å². The number of rotatable bonds is 2. The Kier molecular flexibility index (Phi) is 4.02. The van der Waals surface area contributed by atoms with Gasteiger partial charge < -0.3 is 10.3 Å². The largest absolute Gasteiger partial charge is 0.350 e. The lowest BCUT2D eigenvalue weighted by Gasteiger charge is -2.04. The van der Waals surface area contributed by atoms with Crippen LogP contribution in [-0.2, 0) is 0 Å². The van der Waals surface area contributed by atoms with E-state index in [1.54, 1.807) is 18.5 Å². The highest BCUT2D eigenvalue weighted by Gasteiger charge is 2.26. The van der Waals surface area contributed by atoms with E-state index in [2.05, 4.69) is 62.7 Å². The molecule has 1 aliphatic rings. The van der Waals surface area contributed by atoms with E-state index in [0.717, 1.165) is 15.7 Å². The monoisotopic (exact) mass is 412 g/mol. The summed E-state index contributed by atoms with van der Waals surface area (Å²) < 4.78 is 1.47. The van der Waals surface area contributed by atoms with Crippen molar-refractivity contribution in [3.63, 3.8) is 0 Å². The summed E-state index contributed by atoms with van der Waals surface area (Å²) in [6.07, 6.45) is 3.85. The minimum absolute atomic E-state index is 0.155. The average Bonchev–Trinajstić information content (AvgIpc) is 2.70. The van der Waals surface area contributed by atoms with Crippen molar-refractivity contribution in [1.29, 1.82) is 0 Å². The van der Waals surface area contributed by atoms with Crippen LogP contribution in [0.25, 0.3) is 0 Å². The maximum absolute atomic E-state index is 12.0. The number of halogens is 2. The van der Waals surface area contributed by atoms with Crippen LogP contribution in [0, 0.1) is 0 Å². The third kappa shape index (κ3) is 2.84. The van der Waals surface area contributed by atoms with Crippen molar-refractivity contribution in [3.8, 4) is 0 Å². The molecule has 0 fully saturated rings. The maximum atomic E-state index is 12.0. The number of anilines is 1. The van der Waals surface area contributed by atoms with Crippen LogP contribution in [0.4, 0.5) is 5.95 Å². The molecule has 3 heterocycles. The van der Waals surface area contributed by atoms with Gasteiger partial charge in [0.25, 0.3) is 5.91 Å². The Labute approximate surface area is 136 Å². The zero-order valence-corrected chi connectivity index (χ0v) is 13.8. The van der Waals surface area contributed by atoms with Crippen molar-refractivity contribution in [1.82, 2.24) is 20.3 Å². The first kappa shape index (κ1) is 14.2. The fourth-order valence-electron chi connectivity index (χ4n) is 1.98. The fraction of sp³-hybridized carbons (Fsp3) is 0.167. The first-order valence-electron chi connectivity index (χ1n) is 6.12. The molecule has 0 unspecified atom stereocenters. The summed E-state index contributed by atoms with van der Waals surface area (Å²) >= 11 is 6.84. The van der Waals surface area contributed by atoms with E-state index in [1.807, 2.05) is 0 Å². The predicted octanol–water partition coefficient (Wildman–Crippen LogP) is 2.28. The highest BCUT2D eigenvalue weighted by atomic mass is 79.9. The van der Waals surface area contributed by atoms with Crippen molar-refractivity contribution in [2.45, 2.75) is 6.42 Å². The Hall–Kier alpha value is -1.74. The Morgan fingerprint density at radius 1 is 1.29 bits per heavy atom. The van der Waals surface area contributed by atoms with Gasteiger partial charge in [-0.2, -0.15) is 5.10 Å². The molecule has 21 heavy (non-hydrogen) atoms. The third-order valence-corrected chi connectivity index (χ3v) is 4.84. The minimum Gasteiger partial charge on any atom is -0.350 e. The van der Waals surface area contributed by atoms with Gasteiger partial charge in [-0.1, -0.05) is 0 Å². The summed E-state index contributed by atoms with van der Waals surface area (Å²) in [7, 11) is 0. The molecule has 0 bridgehead atoms. The second-order valence-electron chi connectivity index (χ2n) is 4.25. The number of carbonyl (C=O) groups excluding carboxylic acids is 1. The number of hydrogen-bond acceptors (Lipinski definition) is 5. The number of fused-ring (bicyclic) bond motifs is 1. The summed E-state index contributed by atoms with van der Waals surface area (Å²) in [6.45, 7) is 0.515. The summed E-state index contributed by atoms with van der Waals surface area (Å²) in [4.78, 5) is 23.1. The molecule has 0 radical (unpaired) electrons. The number of H-pyrrole nitrogens is 1. The van der Waals surface area contributed by atoms with Crippen molar-refractivity contribution < 1.29 is 4.79 Å². The predicted molar refractivity (Wildman–Crippen MR) is 85.3 cm³/mol. The summed E-state index contributed by atoms with van der Waals surface area (Å²) in [5.74, 6) is 0.248. The lowest BCUT2D eigenvalue weighted by atomic mass is 10.1. The zero-order chi connectivity index (χ0) is 14.8. The van der Waals surface area contributed by atoms with Gasteiger partial charge in [0.05, 0.1) is 14.8 Å². The second kappa shape index (κ2) is 5.94. The Morgan fingerprint density at radius 2 is 2.05 bits per heavy atom. The number of amides is 1. The van der Waals surface area contributed by atoms with Crippen LogP contribution in [0.1, 0.15) is 22.5 Å². The highest BCUT2D eigenvalue weighted by Crippen LogP contribution is 2.31. The van der Waals surface area contributed by atoms with Gasteiger partial charge in [0.15, 0.2) is 0 Å². The van der Waals surface area contributed by atoms with E-state index in [-0.39, 0.29) is 5.91 Å². The second-order valence-corrected chi connectivity index (χ2v) is 5.84. The molecular formula is C12H10Br2N6O. The van der Waals surface area contributed by atoms with Crippen molar-refractivity contribution in [2.75, 3.05) is 12.0 Å². The Morgan fingerprint density at radius 3 is 2.81 bits per heavy atom. The van der Waals surface area contributed by atoms with E-state index in [1.165, 1.54) is 0 Å². The number of nitrogens with zero attached hydrogens (tertiary/aromatic N) is 3. The van der Waals surface area contributed by atoms with Gasteiger partial charge in [0.1, 0.15) is 5.69 Å². The molecular weight excluding hydrogens is 404 g/mol. The number of aromatic nitrogens is 3. The maximum Gasteiger partial charge on any atom is 0.268 e. The van der Waals surface area contributed by atoms with Crippen LogP contribution >= 0.6 is 31.9 Å². The first-order valence-corrected chi connectivity index (χ1v) is 7.70. The number of hydrazone groups is 1. The quantitative estimate of drug-likeness (QED) is 0.658. The molecule has 1 aliphatic heterocycles. The van der Waals surface area contributed by atoms with Crippen molar-refractivity contribution in [2.24, 2.45) is 5.10 Å². The lowest BCUT2D eigenvalue weighted by Crippen LogP contribution is -2.23. The molecule has 0 saturated heterocycles. The van der Waals surface area contributed by atoms with E-state index < -0.39 is 0 Å². The fourth-order valence-corrected chi connectivity index (χ4v) is 2.90. The molecule has 3 N–H and O–H groups in total. The van der Waals surface area contributed by atoms with Gasteiger partial charge in [0, 0.05) is 30.9 Å². The van der Waals surface area contributed by atoms with Gasteiger partial charge in [-0.3, -0.25) is 4.79 Å². The van der Waals surface area contributed by atoms with Gasteiger partial charge in [-0.25, -0.2) is 15.4 Å². The number of hydrogen-bond donors (Lipinski definition) is 3. The molecule has 0 aromatic carbocycles. The summed E-state index contributed by atoms with van der Waals surface area (Å²) in [5, 5.41) is 7.16. The SMILES string of the molecule is O=C1NCC/C(=N\Nc2ncccn2)c2c1[nH]c(Br)c2Br. The molecule has 2 aromatic heterocycles. The van der Waals surface area contributed by atoms with Crippen LogP contribution in [0.15, 0.2) is 32.6 Å². The highest BCUT2D eigenvalue weighted by molar-refractivity contribution is 9.13. The van der Waals surface area contributed by atoms with Crippen LogP contribution in [0.3, 0.4) is 0 Å². The molecule has 0 atom stereocenters. The average molecular weight is 414 g/mol.